The Hall–Kier alpha value is -1.48. The molecule has 0 aliphatic carbocycles. The van der Waals surface area contributed by atoms with E-state index in [1.165, 1.54) is 10.8 Å². The monoisotopic (exact) mass is 283 g/mol. The summed E-state index contributed by atoms with van der Waals surface area (Å²) < 4.78 is 7.00. The van der Waals surface area contributed by atoms with Gasteiger partial charge < -0.3 is 14.9 Å². The maximum atomic E-state index is 11.9. The third kappa shape index (κ3) is 1.62. The van der Waals surface area contributed by atoms with E-state index in [0.717, 1.165) is 0 Å². The van der Waals surface area contributed by atoms with E-state index in [1.54, 1.807) is 14.0 Å². The summed E-state index contributed by atoms with van der Waals surface area (Å²) in [5.41, 5.74) is -1.73. The molecule has 3 unspecified atom stereocenters. The van der Waals surface area contributed by atoms with Crippen molar-refractivity contribution in [3.63, 3.8) is 0 Å². The number of aryl methyl sites for hydroxylation is 1. The molecule has 0 amide bonds. The van der Waals surface area contributed by atoms with Gasteiger partial charge in [-0.1, -0.05) is 0 Å². The van der Waals surface area contributed by atoms with Crippen LogP contribution in [0.1, 0.15) is 11.8 Å². The summed E-state index contributed by atoms with van der Waals surface area (Å²) in [5.74, 6) is 0. The van der Waals surface area contributed by atoms with Crippen molar-refractivity contribution in [3.05, 3.63) is 32.6 Å². The number of aliphatic hydroxyl groups excluding tert-OH is 2. The molecule has 2 saturated heterocycles. The first-order chi connectivity index (χ1) is 9.39. The first-order valence-corrected chi connectivity index (χ1v) is 6.39. The zero-order valence-electron chi connectivity index (χ0n) is 11.2. The predicted molar refractivity (Wildman–Crippen MR) is 68.4 cm³/mol. The molecule has 8 nitrogen and oxygen atoms in total. The Morgan fingerprint density at radius 3 is 2.85 bits per heavy atom. The van der Waals surface area contributed by atoms with Gasteiger partial charge in [0.1, 0.15) is 11.7 Å². The summed E-state index contributed by atoms with van der Waals surface area (Å²) in [5, 5.41) is 19.8. The lowest BCUT2D eigenvalue weighted by Gasteiger charge is -2.34. The molecular formula is C12H17N3O5. The first kappa shape index (κ1) is 13.5. The summed E-state index contributed by atoms with van der Waals surface area (Å²) in [6, 6.07) is -0.440. The molecule has 0 radical (unpaired) electrons. The van der Waals surface area contributed by atoms with Gasteiger partial charge >= 0.3 is 5.69 Å². The van der Waals surface area contributed by atoms with Gasteiger partial charge in [0.25, 0.3) is 5.56 Å². The number of likely N-dealkylation sites (N-methyl/N-ethyl adjacent to an activating group) is 1. The number of morpholine rings is 1. The molecule has 2 aliphatic rings. The van der Waals surface area contributed by atoms with Crippen molar-refractivity contribution in [2.75, 3.05) is 20.2 Å². The SMILES string of the molecule is Cc1cn(C2O[C@@]3(CO)CN(C)C2C3O)c(=O)[nH]c1=O. The van der Waals surface area contributed by atoms with Gasteiger partial charge in [0.05, 0.1) is 12.6 Å². The first-order valence-electron chi connectivity index (χ1n) is 6.39. The topological polar surface area (TPSA) is 108 Å². The van der Waals surface area contributed by atoms with Crippen LogP contribution in [0.2, 0.25) is 0 Å². The number of nitrogens with zero attached hydrogens (tertiary/aromatic N) is 2. The third-order valence-corrected chi connectivity index (χ3v) is 4.22. The lowest BCUT2D eigenvalue weighted by Crippen LogP contribution is -2.48. The van der Waals surface area contributed by atoms with E-state index in [0.29, 0.717) is 12.1 Å². The molecule has 0 spiro atoms. The lowest BCUT2D eigenvalue weighted by molar-refractivity contribution is -0.151. The van der Waals surface area contributed by atoms with Crippen molar-refractivity contribution >= 4 is 0 Å². The number of aromatic nitrogens is 2. The molecule has 8 heteroatoms. The third-order valence-electron chi connectivity index (χ3n) is 4.22. The van der Waals surface area contributed by atoms with Crippen LogP contribution >= 0.6 is 0 Å². The Kier molecular flexibility index (Phi) is 2.87. The van der Waals surface area contributed by atoms with Gasteiger partial charge in [0, 0.05) is 18.3 Å². The number of ether oxygens (including phenoxy) is 1. The smallest absolute Gasteiger partial charge is 0.330 e. The summed E-state index contributed by atoms with van der Waals surface area (Å²) in [4.78, 5) is 27.4. The second-order valence-corrected chi connectivity index (χ2v) is 5.56. The van der Waals surface area contributed by atoms with Gasteiger partial charge in [-0.15, -0.1) is 0 Å². The van der Waals surface area contributed by atoms with E-state index in [2.05, 4.69) is 4.98 Å². The van der Waals surface area contributed by atoms with Crippen molar-refractivity contribution in [2.45, 2.75) is 30.9 Å². The molecule has 20 heavy (non-hydrogen) atoms. The molecule has 110 valence electrons. The highest BCUT2D eigenvalue weighted by Crippen LogP contribution is 2.45. The minimum absolute atomic E-state index is 0.331. The van der Waals surface area contributed by atoms with Gasteiger partial charge in [0.15, 0.2) is 6.23 Å². The van der Waals surface area contributed by atoms with Crippen molar-refractivity contribution in [2.24, 2.45) is 0 Å². The molecular weight excluding hydrogens is 266 g/mol. The van der Waals surface area contributed by atoms with Gasteiger partial charge in [-0.3, -0.25) is 19.2 Å². The van der Waals surface area contributed by atoms with E-state index in [4.69, 9.17) is 4.74 Å². The van der Waals surface area contributed by atoms with Crippen molar-refractivity contribution < 1.29 is 14.9 Å². The van der Waals surface area contributed by atoms with Crippen LogP contribution in [0, 0.1) is 6.92 Å². The minimum atomic E-state index is -1.08. The molecule has 3 rings (SSSR count). The summed E-state index contributed by atoms with van der Waals surface area (Å²) in [6.07, 6.45) is -0.210. The van der Waals surface area contributed by atoms with Crippen LogP contribution in [0.4, 0.5) is 0 Å². The highest BCUT2D eigenvalue weighted by molar-refractivity contribution is 5.13. The van der Waals surface area contributed by atoms with E-state index >= 15 is 0 Å². The zero-order chi connectivity index (χ0) is 14.7. The Morgan fingerprint density at radius 1 is 1.55 bits per heavy atom. The number of H-pyrrole nitrogens is 1. The van der Waals surface area contributed by atoms with Crippen molar-refractivity contribution in [3.8, 4) is 0 Å². The van der Waals surface area contributed by atoms with E-state index in [1.807, 2.05) is 4.90 Å². The number of likely N-dealkylation sites (tertiary alicyclic amines) is 1. The Balaban J connectivity index is 2.07. The van der Waals surface area contributed by atoms with Crippen LogP contribution in [-0.4, -0.2) is 62.6 Å². The Morgan fingerprint density at radius 2 is 2.25 bits per heavy atom. The number of nitrogens with one attached hydrogen (secondary N) is 1. The largest absolute Gasteiger partial charge is 0.393 e. The maximum Gasteiger partial charge on any atom is 0.330 e. The molecule has 1 aromatic heterocycles. The standard InChI is InChI=1S/C12H17N3O5/c1-6-3-15(11(19)13-9(6)18)10-7-8(17)12(5-16,20-10)4-14(7)2/h3,7-8,10,16-17H,4-5H2,1-2H3,(H,13,18,19)/t7?,8?,10?,12-/m1/s1. The van der Waals surface area contributed by atoms with Crippen molar-refractivity contribution in [1.82, 2.24) is 14.5 Å². The highest BCUT2D eigenvalue weighted by atomic mass is 16.6. The molecule has 3 heterocycles. The fourth-order valence-electron chi connectivity index (χ4n) is 3.14. The fourth-order valence-corrected chi connectivity index (χ4v) is 3.14. The quantitative estimate of drug-likeness (QED) is 0.567. The zero-order valence-corrected chi connectivity index (χ0v) is 11.2. The molecule has 3 N–H and O–H groups in total. The number of aromatic amines is 1. The second-order valence-electron chi connectivity index (χ2n) is 5.56. The number of hydrogen-bond donors (Lipinski definition) is 3. The summed E-state index contributed by atoms with van der Waals surface area (Å²) >= 11 is 0. The van der Waals surface area contributed by atoms with Gasteiger partial charge in [-0.2, -0.15) is 0 Å². The molecule has 0 aromatic carbocycles. The number of rotatable bonds is 2. The number of aliphatic hydroxyl groups is 2. The normalized spacial score (nSPS) is 36.7. The minimum Gasteiger partial charge on any atom is -0.393 e. The van der Waals surface area contributed by atoms with Crippen LogP contribution in [0.3, 0.4) is 0 Å². The lowest BCUT2D eigenvalue weighted by atomic mass is 10.0. The second kappa shape index (κ2) is 4.26. The number of hydrogen-bond acceptors (Lipinski definition) is 6. The van der Waals surface area contributed by atoms with E-state index in [-0.39, 0.29) is 6.61 Å². The molecule has 1 aromatic rings. The van der Waals surface area contributed by atoms with Crippen LogP contribution in [0.25, 0.3) is 0 Å². The molecule has 4 atom stereocenters. The number of fused-ring (bicyclic) bond motifs is 2. The summed E-state index contributed by atoms with van der Waals surface area (Å²) in [6.45, 7) is 1.65. The highest BCUT2D eigenvalue weighted by Gasteiger charge is 2.62. The van der Waals surface area contributed by atoms with Crippen molar-refractivity contribution in [1.29, 1.82) is 0 Å². The van der Waals surface area contributed by atoms with Crippen LogP contribution < -0.4 is 11.2 Å². The maximum absolute atomic E-state index is 11.9. The Labute approximate surface area is 114 Å². The molecule has 2 bridgehead atoms. The Bertz CT molecular complexity index is 653. The van der Waals surface area contributed by atoms with Gasteiger partial charge in [0.2, 0.25) is 0 Å². The predicted octanol–water partition coefficient (Wildman–Crippen LogP) is -2.22. The van der Waals surface area contributed by atoms with Gasteiger partial charge in [-0.05, 0) is 14.0 Å². The molecule has 0 saturated carbocycles. The van der Waals surface area contributed by atoms with Crippen LogP contribution in [0.5, 0.6) is 0 Å². The summed E-state index contributed by atoms with van der Waals surface area (Å²) in [7, 11) is 1.80. The average molecular weight is 283 g/mol. The fraction of sp³-hybridized carbons (Fsp3) is 0.667. The van der Waals surface area contributed by atoms with Gasteiger partial charge in [-0.25, -0.2) is 4.79 Å². The molecule has 2 aliphatic heterocycles. The van der Waals surface area contributed by atoms with Crippen LogP contribution in [0.15, 0.2) is 15.8 Å². The van der Waals surface area contributed by atoms with E-state index in [9.17, 15) is 19.8 Å². The van der Waals surface area contributed by atoms with Crippen LogP contribution in [-0.2, 0) is 4.74 Å². The average Bonchev–Trinajstić information content (AvgIpc) is 2.81. The molecule has 2 fully saturated rings. The van der Waals surface area contributed by atoms with E-state index < -0.39 is 35.2 Å².